The van der Waals surface area contributed by atoms with Crippen molar-refractivity contribution in [2.45, 2.75) is 18.0 Å². The number of nitrogens with zero attached hydrogens (tertiary/aromatic N) is 1. The van der Waals surface area contributed by atoms with Crippen molar-refractivity contribution in [3.63, 3.8) is 0 Å². The van der Waals surface area contributed by atoms with Crippen molar-refractivity contribution in [2.24, 2.45) is 5.92 Å². The highest BCUT2D eigenvalue weighted by Gasteiger charge is 2.56. The van der Waals surface area contributed by atoms with Gasteiger partial charge in [-0.1, -0.05) is 48.5 Å². The second kappa shape index (κ2) is 5.68. The summed E-state index contributed by atoms with van der Waals surface area (Å²) in [6.45, 7) is 0.866. The van der Waals surface area contributed by atoms with Crippen LogP contribution in [0.5, 0.6) is 0 Å². The number of alkyl halides is 3. The predicted octanol–water partition coefficient (Wildman–Crippen LogP) is 4.57. The van der Waals surface area contributed by atoms with E-state index in [1.165, 1.54) is 12.1 Å². The lowest BCUT2D eigenvalue weighted by Gasteiger charge is -2.22. The van der Waals surface area contributed by atoms with Gasteiger partial charge in [-0.3, -0.25) is 0 Å². The van der Waals surface area contributed by atoms with Gasteiger partial charge in [0, 0.05) is 12.0 Å². The first-order valence-electron chi connectivity index (χ1n) is 7.72. The second-order valence-corrected chi connectivity index (χ2v) is 6.58. The van der Waals surface area contributed by atoms with Crippen molar-refractivity contribution in [2.75, 3.05) is 20.6 Å². The molecule has 1 fully saturated rings. The fraction of sp³-hybridized carbons (Fsp3) is 0.368. The third kappa shape index (κ3) is 3.00. The van der Waals surface area contributed by atoms with Gasteiger partial charge in [0.2, 0.25) is 0 Å². The van der Waals surface area contributed by atoms with Gasteiger partial charge in [-0.25, -0.2) is 0 Å². The molecule has 0 spiro atoms. The molecule has 122 valence electrons. The highest BCUT2D eigenvalue weighted by atomic mass is 19.4. The Kier molecular flexibility index (Phi) is 3.96. The molecule has 1 saturated carbocycles. The molecule has 2 atom stereocenters. The minimum atomic E-state index is -4.31. The van der Waals surface area contributed by atoms with Crippen LogP contribution in [0.25, 0.3) is 0 Å². The highest BCUT2D eigenvalue weighted by Crippen LogP contribution is 2.59. The minimum absolute atomic E-state index is 0.299. The lowest BCUT2D eigenvalue weighted by molar-refractivity contribution is -0.137. The van der Waals surface area contributed by atoms with Crippen LogP contribution in [-0.4, -0.2) is 25.5 Å². The fourth-order valence-electron chi connectivity index (χ4n) is 3.57. The van der Waals surface area contributed by atoms with E-state index in [-0.39, 0.29) is 5.41 Å². The van der Waals surface area contributed by atoms with Crippen molar-refractivity contribution in [3.05, 3.63) is 71.3 Å². The van der Waals surface area contributed by atoms with Gasteiger partial charge in [-0.05, 0) is 43.6 Å². The van der Waals surface area contributed by atoms with Crippen LogP contribution < -0.4 is 0 Å². The molecular weight excluding hydrogens is 299 g/mol. The highest BCUT2D eigenvalue weighted by molar-refractivity contribution is 5.48. The maximum Gasteiger partial charge on any atom is 0.416 e. The summed E-state index contributed by atoms with van der Waals surface area (Å²) in [6, 6.07) is 15.7. The summed E-state index contributed by atoms with van der Waals surface area (Å²) in [6.07, 6.45) is -3.42. The SMILES string of the molecule is CN(C)CC1CC1(c1ccccc1)c1cccc(C(F)(F)F)c1. The first-order chi connectivity index (χ1) is 10.8. The van der Waals surface area contributed by atoms with Crippen molar-refractivity contribution < 1.29 is 13.2 Å². The number of benzene rings is 2. The molecule has 0 N–H and O–H groups in total. The van der Waals surface area contributed by atoms with Gasteiger partial charge in [-0.15, -0.1) is 0 Å². The Hall–Kier alpha value is -1.81. The predicted molar refractivity (Wildman–Crippen MR) is 85.3 cm³/mol. The van der Waals surface area contributed by atoms with Gasteiger partial charge in [-0.2, -0.15) is 13.2 Å². The zero-order valence-electron chi connectivity index (χ0n) is 13.3. The average molecular weight is 319 g/mol. The average Bonchev–Trinajstić information content (AvgIpc) is 3.22. The van der Waals surface area contributed by atoms with E-state index in [0.29, 0.717) is 5.92 Å². The van der Waals surface area contributed by atoms with Gasteiger partial charge in [0.1, 0.15) is 0 Å². The van der Waals surface area contributed by atoms with E-state index in [1.54, 1.807) is 0 Å². The summed E-state index contributed by atoms with van der Waals surface area (Å²) in [5, 5.41) is 0. The van der Waals surface area contributed by atoms with E-state index >= 15 is 0 Å². The molecule has 2 aromatic carbocycles. The van der Waals surface area contributed by atoms with Crippen LogP contribution in [0.3, 0.4) is 0 Å². The molecule has 23 heavy (non-hydrogen) atoms. The van der Waals surface area contributed by atoms with E-state index in [0.717, 1.165) is 30.2 Å². The van der Waals surface area contributed by atoms with Crippen molar-refractivity contribution >= 4 is 0 Å². The Balaban J connectivity index is 2.05. The molecule has 1 aliphatic rings. The molecule has 0 saturated heterocycles. The number of hydrogen-bond donors (Lipinski definition) is 0. The van der Waals surface area contributed by atoms with E-state index in [9.17, 15) is 13.2 Å². The van der Waals surface area contributed by atoms with E-state index < -0.39 is 11.7 Å². The van der Waals surface area contributed by atoms with Crippen molar-refractivity contribution in [3.8, 4) is 0 Å². The topological polar surface area (TPSA) is 3.24 Å². The van der Waals surface area contributed by atoms with E-state index in [2.05, 4.69) is 4.90 Å². The molecule has 0 aliphatic heterocycles. The van der Waals surface area contributed by atoms with Crippen LogP contribution in [0.2, 0.25) is 0 Å². The Bertz CT molecular complexity index is 679. The molecule has 2 unspecified atom stereocenters. The summed E-state index contributed by atoms with van der Waals surface area (Å²) in [4.78, 5) is 2.10. The quantitative estimate of drug-likeness (QED) is 0.798. The lowest BCUT2D eigenvalue weighted by Crippen LogP contribution is -2.22. The van der Waals surface area contributed by atoms with Crippen LogP contribution in [-0.2, 0) is 11.6 Å². The number of hydrogen-bond acceptors (Lipinski definition) is 1. The first-order valence-corrected chi connectivity index (χ1v) is 7.72. The first kappa shape index (κ1) is 16.1. The Labute approximate surface area is 134 Å². The van der Waals surface area contributed by atoms with Gasteiger partial charge < -0.3 is 4.90 Å². The molecule has 3 rings (SSSR count). The normalized spacial score (nSPS) is 24.0. The molecule has 0 radical (unpaired) electrons. The van der Waals surface area contributed by atoms with Crippen LogP contribution in [0, 0.1) is 5.92 Å². The summed E-state index contributed by atoms with van der Waals surface area (Å²) in [7, 11) is 4.00. The summed E-state index contributed by atoms with van der Waals surface area (Å²) in [5.41, 5.74) is 1.00. The largest absolute Gasteiger partial charge is 0.416 e. The molecule has 1 aliphatic carbocycles. The Morgan fingerprint density at radius 2 is 1.65 bits per heavy atom. The molecule has 4 heteroatoms. The van der Waals surface area contributed by atoms with Crippen LogP contribution in [0.1, 0.15) is 23.1 Å². The van der Waals surface area contributed by atoms with Gasteiger partial charge in [0.15, 0.2) is 0 Å². The maximum atomic E-state index is 13.1. The standard InChI is InChI=1S/C19H20F3N/c1-23(2)13-17-12-18(17,14-7-4-3-5-8-14)15-9-6-10-16(11-15)19(20,21)22/h3-11,17H,12-13H2,1-2H3. The smallest absolute Gasteiger partial charge is 0.309 e. The summed E-state index contributed by atoms with van der Waals surface area (Å²) in [5.74, 6) is 0.336. The molecular formula is C19H20F3N. The van der Waals surface area contributed by atoms with E-state index in [1.807, 2.05) is 50.5 Å². The Morgan fingerprint density at radius 3 is 2.26 bits per heavy atom. The van der Waals surface area contributed by atoms with Gasteiger partial charge >= 0.3 is 6.18 Å². The van der Waals surface area contributed by atoms with Gasteiger partial charge in [0.25, 0.3) is 0 Å². The molecule has 0 aromatic heterocycles. The van der Waals surface area contributed by atoms with Crippen LogP contribution >= 0.6 is 0 Å². The molecule has 1 nitrogen and oxygen atoms in total. The Morgan fingerprint density at radius 1 is 1.00 bits per heavy atom. The number of rotatable bonds is 4. The minimum Gasteiger partial charge on any atom is -0.309 e. The van der Waals surface area contributed by atoms with E-state index in [4.69, 9.17) is 0 Å². The molecule has 0 bridgehead atoms. The zero-order chi connectivity index (χ0) is 16.7. The third-order valence-electron chi connectivity index (χ3n) is 4.68. The van der Waals surface area contributed by atoms with Crippen molar-refractivity contribution in [1.29, 1.82) is 0 Å². The van der Waals surface area contributed by atoms with Gasteiger partial charge in [0.05, 0.1) is 5.56 Å². The van der Waals surface area contributed by atoms with Crippen LogP contribution in [0.4, 0.5) is 13.2 Å². The van der Waals surface area contributed by atoms with Crippen LogP contribution in [0.15, 0.2) is 54.6 Å². The summed E-state index contributed by atoms with van der Waals surface area (Å²) < 4.78 is 39.2. The lowest BCUT2D eigenvalue weighted by atomic mass is 9.85. The molecule has 2 aromatic rings. The monoisotopic (exact) mass is 319 g/mol. The molecule has 0 heterocycles. The molecule has 0 amide bonds. The zero-order valence-corrected chi connectivity index (χ0v) is 13.3. The van der Waals surface area contributed by atoms with Crippen molar-refractivity contribution in [1.82, 2.24) is 4.90 Å². The summed E-state index contributed by atoms with van der Waals surface area (Å²) >= 11 is 0. The number of halogens is 3. The second-order valence-electron chi connectivity index (χ2n) is 6.58. The fourth-order valence-corrected chi connectivity index (χ4v) is 3.57. The maximum absolute atomic E-state index is 13.1. The third-order valence-corrected chi connectivity index (χ3v) is 4.68.